The van der Waals surface area contributed by atoms with Crippen LogP contribution in [0.4, 0.5) is 24.8 Å². The molecular weight excluding hydrogens is 509 g/mol. The Bertz CT molecular complexity index is 1670. The maximum absolute atomic E-state index is 13.6. The van der Waals surface area contributed by atoms with Crippen LogP contribution in [0.2, 0.25) is 0 Å². The fraction of sp³-hybridized carbons (Fsp3) is 0.185. The Kier molecular flexibility index (Phi) is 6.56. The van der Waals surface area contributed by atoms with Gasteiger partial charge in [-0.1, -0.05) is 12.1 Å². The van der Waals surface area contributed by atoms with E-state index < -0.39 is 11.7 Å². The molecule has 200 valence electrons. The predicted octanol–water partition coefficient (Wildman–Crippen LogP) is 4.66. The average Bonchev–Trinajstić information content (AvgIpc) is 3.50. The van der Waals surface area contributed by atoms with Crippen molar-refractivity contribution in [2.45, 2.75) is 13.1 Å². The number of hydrogen-bond acceptors (Lipinski definition) is 6. The lowest BCUT2D eigenvalue weighted by molar-refractivity contribution is -0.137. The van der Waals surface area contributed by atoms with Crippen LogP contribution in [0.25, 0.3) is 33.7 Å². The van der Waals surface area contributed by atoms with E-state index in [1.165, 1.54) is 10.6 Å². The number of nitrogens with one attached hydrogen (secondary N) is 1. The second-order valence-electron chi connectivity index (χ2n) is 9.33. The number of anilines is 2. The Hall–Kier alpha value is -4.71. The summed E-state index contributed by atoms with van der Waals surface area (Å²) in [7, 11) is 3.50. The third-order valence-electron chi connectivity index (χ3n) is 6.13. The molecule has 39 heavy (non-hydrogen) atoms. The van der Waals surface area contributed by atoms with Crippen molar-refractivity contribution in [3.8, 4) is 28.1 Å². The molecule has 0 bridgehead atoms. The molecule has 0 aliphatic heterocycles. The number of benzene rings is 2. The molecule has 1 amide bonds. The summed E-state index contributed by atoms with van der Waals surface area (Å²) >= 11 is 0. The zero-order valence-electron chi connectivity index (χ0n) is 21.4. The Morgan fingerprint density at radius 2 is 1.85 bits per heavy atom. The van der Waals surface area contributed by atoms with Gasteiger partial charge in [0.15, 0.2) is 5.65 Å². The number of carbonyl (C=O) groups is 1. The SMILES string of the molecule is Cc1c(-c2ccnn2-c2ccc(N)cc2)cn2nc(NC(=O)CN(C)C)nc2c1-c1cccc(C(F)(F)F)c1. The monoisotopic (exact) mass is 534 g/mol. The van der Waals surface area contributed by atoms with Crippen LogP contribution in [0.15, 0.2) is 67.0 Å². The van der Waals surface area contributed by atoms with Crippen molar-refractivity contribution in [1.29, 1.82) is 0 Å². The van der Waals surface area contributed by atoms with Gasteiger partial charge in [-0.05, 0) is 74.6 Å². The van der Waals surface area contributed by atoms with Gasteiger partial charge in [0.1, 0.15) is 0 Å². The van der Waals surface area contributed by atoms with Crippen LogP contribution in [0.3, 0.4) is 0 Å². The minimum atomic E-state index is -4.52. The number of carbonyl (C=O) groups excluding carboxylic acids is 1. The van der Waals surface area contributed by atoms with E-state index in [1.54, 1.807) is 60.3 Å². The van der Waals surface area contributed by atoms with E-state index in [4.69, 9.17) is 5.73 Å². The second-order valence-corrected chi connectivity index (χ2v) is 9.33. The molecule has 0 atom stereocenters. The van der Waals surface area contributed by atoms with E-state index in [0.717, 1.165) is 17.8 Å². The van der Waals surface area contributed by atoms with Crippen LogP contribution in [0.5, 0.6) is 0 Å². The van der Waals surface area contributed by atoms with Crippen LogP contribution in [0, 0.1) is 6.92 Å². The van der Waals surface area contributed by atoms with Crippen molar-refractivity contribution in [3.05, 3.63) is 78.1 Å². The van der Waals surface area contributed by atoms with Gasteiger partial charge in [-0.2, -0.15) is 23.3 Å². The molecule has 3 heterocycles. The molecule has 5 aromatic rings. The molecule has 0 saturated heterocycles. The van der Waals surface area contributed by atoms with Crippen LogP contribution in [-0.2, 0) is 11.0 Å². The number of nitrogens with zero attached hydrogens (tertiary/aromatic N) is 6. The van der Waals surface area contributed by atoms with Gasteiger partial charge in [0, 0.05) is 23.0 Å². The Balaban J connectivity index is 1.73. The number of fused-ring (bicyclic) bond motifs is 1. The second kappa shape index (κ2) is 9.87. The summed E-state index contributed by atoms with van der Waals surface area (Å²) in [6.45, 7) is 1.92. The fourth-order valence-electron chi connectivity index (χ4n) is 4.39. The molecule has 0 unspecified atom stereocenters. The number of aromatic nitrogens is 5. The Morgan fingerprint density at radius 1 is 1.10 bits per heavy atom. The lowest BCUT2D eigenvalue weighted by Gasteiger charge is -2.16. The first-order valence-electron chi connectivity index (χ1n) is 11.9. The van der Waals surface area contributed by atoms with Crippen molar-refractivity contribution in [3.63, 3.8) is 0 Å². The molecule has 3 aromatic heterocycles. The largest absolute Gasteiger partial charge is 0.416 e. The lowest BCUT2D eigenvalue weighted by Crippen LogP contribution is -2.27. The summed E-state index contributed by atoms with van der Waals surface area (Å²) in [6.07, 6.45) is -1.17. The zero-order valence-corrected chi connectivity index (χ0v) is 21.4. The normalized spacial score (nSPS) is 11.9. The van der Waals surface area contributed by atoms with Crippen molar-refractivity contribution in [1.82, 2.24) is 29.3 Å². The lowest BCUT2D eigenvalue weighted by atomic mass is 9.95. The number of likely N-dealkylation sites (N-methyl/N-ethyl adjacent to an activating group) is 1. The quantitative estimate of drug-likeness (QED) is 0.307. The van der Waals surface area contributed by atoms with E-state index in [9.17, 15) is 18.0 Å². The minimum absolute atomic E-state index is 0.0404. The van der Waals surface area contributed by atoms with E-state index in [2.05, 4.69) is 20.5 Å². The summed E-state index contributed by atoms with van der Waals surface area (Å²) in [5.74, 6) is -0.284. The van der Waals surface area contributed by atoms with Crippen molar-refractivity contribution in [2.75, 3.05) is 31.7 Å². The van der Waals surface area contributed by atoms with Gasteiger partial charge >= 0.3 is 6.18 Å². The zero-order chi connectivity index (χ0) is 27.9. The van der Waals surface area contributed by atoms with Crippen molar-refractivity contribution >= 4 is 23.2 Å². The summed E-state index contributed by atoms with van der Waals surface area (Å²) in [5.41, 5.74) is 9.48. The van der Waals surface area contributed by atoms with Gasteiger partial charge in [-0.15, -0.1) is 5.10 Å². The highest BCUT2D eigenvalue weighted by atomic mass is 19.4. The highest BCUT2D eigenvalue weighted by molar-refractivity contribution is 5.92. The third-order valence-corrected chi connectivity index (χ3v) is 6.13. The first kappa shape index (κ1) is 25.9. The van der Waals surface area contributed by atoms with Crippen molar-refractivity contribution < 1.29 is 18.0 Å². The maximum Gasteiger partial charge on any atom is 0.416 e. The van der Waals surface area contributed by atoms with Gasteiger partial charge in [0.25, 0.3) is 0 Å². The molecule has 5 rings (SSSR count). The Labute approximate surface area is 221 Å². The third kappa shape index (κ3) is 5.18. The molecule has 0 saturated carbocycles. The highest BCUT2D eigenvalue weighted by Gasteiger charge is 2.31. The maximum atomic E-state index is 13.6. The van der Waals surface area contributed by atoms with E-state index in [1.807, 2.05) is 19.1 Å². The van der Waals surface area contributed by atoms with Crippen molar-refractivity contribution in [2.24, 2.45) is 0 Å². The number of nitrogen functional groups attached to an aromatic ring is 1. The van der Waals surface area contributed by atoms with E-state index in [0.29, 0.717) is 39.3 Å². The number of amides is 1. The molecule has 2 aromatic carbocycles. The number of alkyl halides is 3. The van der Waals surface area contributed by atoms with Gasteiger partial charge < -0.3 is 10.6 Å². The number of hydrogen-bond donors (Lipinski definition) is 2. The molecular formula is C27H25F3N8O. The molecule has 0 fully saturated rings. The number of nitrogens with two attached hydrogens (primary N) is 1. The molecule has 0 spiro atoms. The average molecular weight is 535 g/mol. The highest BCUT2D eigenvalue weighted by Crippen LogP contribution is 2.38. The standard InChI is InChI=1S/C27H25F3N8O/c1-16-21(22-11-12-32-38(22)20-9-7-19(31)8-10-20)14-37-25(34-26(35-37)33-23(39)15-36(2)3)24(16)17-5-4-6-18(13-17)27(28,29)30/h4-14H,15,31H2,1-3H3,(H,33,35,39). The van der Waals surface area contributed by atoms with Gasteiger partial charge in [0.2, 0.25) is 11.9 Å². The van der Waals surface area contributed by atoms with Gasteiger partial charge in [-0.3, -0.25) is 10.1 Å². The molecule has 9 nitrogen and oxygen atoms in total. The molecule has 3 N–H and O–H groups in total. The molecule has 0 radical (unpaired) electrons. The summed E-state index contributed by atoms with van der Waals surface area (Å²) < 4.78 is 44.0. The molecule has 0 aliphatic rings. The smallest absolute Gasteiger partial charge is 0.399 e. The Morgan fingerprint density at radius 3 is 2.54 bits per heavy atom. The predicted molar refractivity (Wildman–Crippen MR) is 142 cm³/mol. The number of rotatable bonds is 6. The van der Waals surface area contributed by atoms with Gasteiger partial charge in [0.05, 0.1) is 29.7 Å². The summed E-state index contributed by atoms with van der Waals surface area (Å²) in [5, 5.41) is 11.5. The first-order valence-corrected chi connectivity index (χ1v) is 11.9. The van der Waals surface area contributed by atoms with Crippen LogP contribution >= 0.6 is 0 Å². The van der Waals surface area contributed by atoms with E-state index in [-0.39, 0.29) is 18.4 Å². The summed E-state index contributed by atoms with van der Waals surface area (Å²) in [4.78, 5) is 18.5. The fourth-order valence-corrected chi connectivity index (χ4v) is 4.39. The van der Waals surface area contributed by atoms with Gasteiger partial charge in [-0.25, -0.2) is 9.20 Å². The summed E-state index contributed by atoms with van der Waals surface area (Å²) in [6, 6.07) is 14.0. The first-order chi connectivity index (χ1) is 18.5. The van der Waals surface area contributed by atoms with E-state index >= 15 is 0 Å². The van der Waals surface area contributed by atoms with Crippen LogP contribution < -0.4 is 11.1 Å². The minimum Gasteiger partial charge on any atom is -0.399 e. The number of halogens is 3. The number of pyridine rings is 1. The molecule has 0 aliphatic carbocycles. The van der Waals surface area contributed by atoms with Crippen LogP contribution in [-0.4, -0.2) is 55.8 Å². The molecule has 12 heteroatoms. The van der Waals surface area contributed by atoms with Crippen LogP contribution in [0.1, 0.15) is 11.1 Å². The topological polar surface area (TPSA) is 106 Å².